The van der Waals surface area contributed by atoms with E-state index in [2.05, 4.69) is 0 Å². The summed E-state index contributed by atoms with van der Waals surface area (Å²) in [5.41, 5.74) is 0.690. The van der Waals surface area contributed by atoms with Crippen LogP contribution in [0.15, 0.2) is 24.3 Å². The van der Waals surface area contributed by atoms with E-state index in [0.29, 0.717) is 10.6 Å². The third kappa shape index (κ3) is 2.47. The number of carboxylic acids is 1. The highest BCUT2D eigenvalue weighted by atomic mass is 35.5. The zero-order chi connectivity index (χ0) is 10.7. The lowest BCUT2D eigenvalue weighted by Crippen LogP contribution is -2.27. The Morgan fingerprint density at radius 3 is 2.57 bits per heavy atom. The molecular formula is C10H12ClNO2. The molecule has 3 nitrogen and oxygen atoms in total. The predicted molar refractivity (Wildman–Crippen MR) is 55.5 cm³/mol. The first-order valence-electron chi connectivity index (χ1n) is 4.17. The number of hydrogen-bond donors (Lipinski definition) is 1. The minimum absolute atomic E-state index is 0.551. The fourth-order valence-electron chi connectivity index (χ4n) is 1.34. The van der Waals surface area contributed by atoms with Gasteiger partial charge in [-0.2, -0.15) is 0 Å². The maximum absolute atomic E-state index is 11.0. The van der Waals surface area contributed by atoms with Gasteiger partial charge in [0.1, 0.15) is 6.04 Å². The number of nitrogens with zero attached hydrogens (tertiary/aromatic N) is 1. The van der Waals surface area contributed by atoms with Crippen LogP contribution in [0.2, 0.25) is 5.02 Å². The van der Waals surface area contributed by atoms with Crippen molar-refractivity contribution in [1.82, 2.24) is 4.90 Å². The number of benzene rings is 1. The van der Waals surface area contributed by atoms with E-state index in [1.807, 2.05) is 0 Å². The molecule has 1 aromatic rings. The van der Waals surface area contributed by atoms with E-state index in [0.717, 1.165) is 0 Å². The van der Waals surface area contributed by atoms with E-state index in [4.69, 9.17) is 16.7 Å². The van der Waals surface area contributed by atoms with Gasteiger partial charge in [-0.1, -0.05) is 23.7 Å². The van der Waals surface area contributed by atoms with Crippen LogP contribution in [-0.2, 0) is 4.79 Å². The van der Waals surface area contributed by atoms with E-state index in [1.165, 1.54) is 0 Å². The van der Waals surface area contributed by atoms with Gasteiger partial charge in [-0.15, -0.1) is 0 Å². The Morgan fingerprint density at radius 2 is 2.14 bits per heavy atom. The smallest absolute Gasteiger partial charge is 0.325 e. The van der Waals surface area contributed by atoms with Crippen LogP contribution < -0.4 is 0 Å². The highest BCUT2D eigenvalue weighted by Crippen LogP contribution is 2.21. The largest absolute Gasteiger partial charge is 0.480 e. The van der Waals surface area contributed by atoms with E-state index >= 15 is 0 Å². The molecule has 0 radical (unpaired) electrons. The molecule has 0 bridgehead atoms. The second kappa shape index (κ2) is 4.44. The first-order valence-corrected chi connectivity index (χ1v) is 4.55. The Labute approximate surface area is 87.9 Å². The molecule has 0 saturated heterocycles. The number of carbonyl (C=O) groups is 1. The molecule has 4 heteroatoms. The zero-order valence-corrected chi connectivity index (χ0v) is 8.82. The van der Waals surface area contributed by atoms with Gasteiger partial charge in [0.05, 0.1) is 0 Å². The van der Waals surface area contributed by atoms with E-state index in [1.54, 1.807) is 43.3 Å². The van der Waals surface area contributed by atoms with Crippen LogP contribution in [0.4, 0.5) is 0 Å². The van der Waals surface area contributed by atoms with Gasteiger partial charge in [-0.05, 0) is 31.8 Å². The molecule has 1 aromatic carbocycles. The van der Waals surface area contributed by atoms with Crippen LogP contribution in [0.5, 0.6) is 0 Å². The van der Waals surface area contributed by atoms with E-state index in [9.17, 15) is 4.79 Å². The maximum Gasteiger partial charge on any atom is 0.325 e. The fraction of sp³-hybridized carbons (Fsp3) is 0.300. The Morgan fingerprint density at radius 1 is 1.50 bits per heavy atom. The molecule has 14 heavy (non-hydrogen) atoms. The molecule has 0 spiro atoms. The average molecular weight is 214 g/mol. The standard InChI is InChI=1S/C10H12ClNO2/c1-12(2)9(10(13)14)7-4-3-5-8(11)6-7/h3-6,9H,1-2H3,(H,13,14)/t9-/m1/s1. The summed E-state index contributed by atoms with van der Waals surface area (Å²) in [6, 6.07) is 6.25. The number of likely N-dealkylation sites (N-methyl/N-ethyl adjacent to an activating group) is 1. The summed E-state index contributed by atoms with van der Waals surface area (Å²) in [4.78, 5) is 12.6. The van der Waals surface area contributed by atoms with Gasteiger partial charge in [0.25, 0.3) is 0 Å². The summed E-state index contributed by atoms with van der Waals surface area (Å²) in [6.45, 7) is 0. The van der Waals surface area contributed by atoms with E-state index < -0.39 is 12.0 Å². The van der Waals surface area contributed by atoms with Crippen molar-refractivity contribution in [2.75, 3.05) is 14.1 Å². The molecule has 0 amide bonds. The quantitative estimate of drug-likeness (QED) is 0.835. The third-order valence-corrected chi connectivity index (χ3v) is 2.15. The second-order valence-corrected chi connectivity index (χ2v) is 3.70. The van der Waals surface area contributed by atoms with Crippen molar-refractivity contribution in [2.45, 2.75) is 6.04 Å². The SMILES string of the molecule is CN(C)[C@@H](C(=O)O)c1cccc(Cl)c1. The van der Waals surface area contributed by atoms with Crippen LogP contribution >= 0.6 is 11.6 Å². The van der Waals surface area contributed by atoms with Crippen molar-refractivity contribution in [1.29, 1.82) is 0 Å². The minimum atomic E-state index is -0.878. The molecule has 0 unspecified atom stereocenters. The summed E-state index contributed by atoms with van der Waals surface area (Å²) in [7, 11) is 3.44. The Kier molecular flexibility index (Phi) is 3.49. The minimum Gasteiger partial charge on any atom is -0.480 e. The van der Waals surface area contributed by atoms with Crippen molar-refractivity contribution in [3.63, 3.8) is 0 Å². The summed E-state index contributed by atoms with van der Waals surface area (Å²) >= 11 is 5.79. The molecule has 1 N–H and O–H groups in total. The van der Waals surface area contributed by atoms with Gasteiger partial charge in [0, 0.05) is 5.02 Å². The van der Waals surface area contributed by atoms with E-state index in [-0.39, 0.29) is 0 Å². The normalized spacial score (nSPS) is 12.9. The Bertz CT molecular complexity index is 339. The number of rotatable bonds is 3. The lowest BCUT2D eigenvalue weighted by Gasteiger charge is -2.20. The number of halogens is 1. The zero-order valence-electron chi connectivity index (χ0n) is 8.07. The monoisotopic (exact) mass is 213 g/mol. The van der Waals surface area contributed by atoms with Crippen molar-refractivity contribution in [3.05, 3.63) is 34.9 Å². The summed E-state index contributed by atoms with van der Waals surface area (Å²) in [5.74, 6) is -0.878. The highest BCUT2D eigenvalue weighted by Gasteiger charge is 2.21. The van der Waals surface area contributed by atoms with Crippen LogP contribution in [0, 0.1) is 0 Å². The van der Waals surface area contributed by atoms with Gasteiger partial charge in [0.15, 0.2) is 0 Å². The summed E-state index contributed by atoms with van der Waals surface area (Å²) in [5, 5.41) is 9.55. The average Bonchev–Trinajstić information content (AvgIpc) is 2.02. The lowest BCUT2D eigenvalue weighted by molar-refractivity contribution is -0.142. The van der Waals surface area contributed by atoms with Crippen LogP contribution in [0.25, 0.3) is 0 Å². The number of aliphatic carboxylic acids is 1. The molecule has 0 aromatic heterocycles. The molecule has 0 aliphatic carbocycles. The van der Waals surface area contributed by atoms with Gasteiger partial charge in [-0.25, -0.2) is 0 Å². The van der Waals surface area contributed by atoms with Crippen LogP contribution in [0.1, 0.15) is 11.6 Å². The first kappa shape index (κ1) is 11.0. The molecule has 0 saturated carbocycles. The lowest BCUT2D eigenvalue weighted by atomic mass is 10.1. The molecule has 0 fully saturated rings. The maximum atomic E-state index is 11.0. The van der Waals surface area contributed by atoms with Crippen LogP contribution in [0.3, 0.4) is 0 Å². The highest BCUT2D eigenvalue weighted by molar-refractivity contribution is 6.30. The van der Waals surface area contributed by atoms with Gasteiger partial charge in [-0.3, -0.25) is 9.69 Å². The van der Waals surface area contributed by atoms with Crippen molar-refractivity contribution in [2.24, 2.45) is 0 Å². The van der Waals surface area contributed by atoms with Crippen molar-refractivity contribution in [3.8, 4) is 0 Å². The molecule has 0 aliphatic heterocycles. The third-order valence-electron chi connectivity index (χ3n) is 1.91. The Hall–Kier alpha value is -1.06. The van der Waals surface area contributed by atoms with Gasteiger partial charge in [0.2, 0.25) is 0 Å². The first-order chi connectivity index (χ1) is 6.52. The molecular weight excluding hydrogens is 202 g/mol. The van der Waals surface area contributed by atoms with Gasteiger partial charge < -0.3 is 5.11 Å². The topological polar surface area (TPSA) is 40.5 Å². The molecule has 76 valence electrons. The van der Waals surface area contributed by atoms with Crippen molar-refractivity contribution < 1.29 is 9.90 Å². The Balaban J connectivity index is 3.05. The molecule has 0 heterocycles. The van der Waals surface area contributed by atoms with Gasteiger partial charge >= 0.3 is 5.97 Å². The predicted octanol–water partition coefficient (Wildman–Crippen LogP) is 2.03. The van der Waals surface area contributed by atoms with Crippen LogP contribution in [-0.4, -0.2) is 30.1 Å². The molecule has 1 atom stereocenters. The second-order valence-electron chi connectivity index (χ2n) is 3.26. The number of hydrogen-bond acceptors (Lipinski definition) is 2. The summed E-state index contributed by atoms with van der Waals surface area (Å²) < 4.78 is 0. The van der Waals surface area contributed by atoms with Crippen molar-refractivity contribution >= 4 is 17.6 Å². The molecule has 0 aliphatic rings. The molecule has 1 rings (SSSR count). The summed E-state index contributed by atoms with van der Waals surface area (Å²) in [6.07, 6.45) is 0. The number of carboxylic acid groups (broad SMARTS) is 1. The fourth-order valence-corrected chi connectivity index (χ4v) is 1.54.